The number of hydrogen-bond acceptors (Lipinski definition) is 5. The lowest BCUT2D eigenvalue weighted by Crippen LogP contribution is -2.09. The van der Waals surface area contributed by atoms with Gasteiger partial charge in [-0.25, -0.2) is 4.98 Å². The number of aromatic nitrogens is 2. The third-order valence-corrected chi connectivity index (χ3v) is 3.15. The minimum Gasteiger partial charge on any atom is -0.381 e. The SMILES string of the molecule is Nc1ncc(Br)c(NCCCOCC2CC2)n1. The molecule has 1 fully saturated rings. The van der Waals surface area contributed by atoms with Gasteiger partial charge in [0, 0.05) is 26.0 Å². The molecule has 2 rings (SSSR count). The summed E-state index contributed by atoms with van der Waals surface area (Å²) in [5.74, 6) is 1.85. The van der Waals surface area contributed by atoms with Crippen LogP contribution in [0.4, 0.5) is 11.8 Å². The molecule has 0 aliphatic heterocycles. The van der Waals surface area contributed by atoms with Crippen molar-refractivity contribution in [1.29, 1.82) is 0 Å². The standard InChI is InChI=1S/C11H17BrN4O/c12-9-6-15-11(13)16-10(9)14-4-1-5-17-7-8-2-3-8/h6,8H,1-5,7H2,(H3,13,14,15,16). The molecule has 1 heterocycles. The van der Waals surface area contributed by atoms with Crippen LogP contribution in [0.5, 0.6) is 0 Å². The zero-order valence-electron chi connectivity index (χ0n) is 9.66. The van der Waals surface area contributed by atoms with E-state index in [4.69, 9.17) is 10.5 Å². The molecule has 1 aromatic heterocycles. The smallest absolute Gasteiger partial charge is 0.221 e. The van der Waals surface area contributed by atoms with Gasteiger partial charge in [-0.1, -0.05) is 0 Å². The molecule has 1 aliphatic carbocycles. The van der Waals surface area contributed by atoms with Crippen molar-refractivity contribution < 1.29 is 4.74 Å². The normalized spacial score (nSPS) is 14.9. The van der Waals surface area contributed by atoms with Gasteiger partial charge in [0.25, 0.3) is 0 Å². The predicted molar refractivity (Wildman–Crippen MR) is 70.8 cm³/mol. The van der Waals surface area contributed by atoms with E-state index in [9.17, 15) is 0 Å². The zero-order chi connectivity index (χ0) is 12.1. The fourth-order valence-corrected chi connectivity index (χ4v) is 1.75. The molecule has 5 nitrogen and oxygen atoms in total. The zero-order valence-corrected chi connectivity index (χ0v) is 11.2. The van der Waals surface area contributed by atoms with Crippen molar-refractivity contribution in [3.05, 3.63) is 10.7 Å². The van der Waals surface area contributed by atoms with E-state index < -0.39 is 0 Å². The van der Waals surface area contributed by atoms with Crippen molar-refractivity contribution in [2.24, 2.45) is 5.92 Å². The highest BCUT2D eigenvalue weighted by Gasteiger charge is 2.20. The molecule has 1 aromatic rings. The van der Waals surface area contributed by atoms with Crippen LogP contribution < -0.4 is 11.1 Å². The molecule has 17 heavy (non-hydrogen) atoms. The summed E-state index contributed by atoms with van der Waals surface area (Å²) in [5.41, 5.74) is 5.51. The van der Waals surface area contributed by atoms with E-state index in [1.807, 2.05) is 0 Å². The Balaban J connectivity index is 1.61. The average Bonchev–Trinajstić information content (AvgIpc) is 3.11. The first-order chi connectivity index (χ1) is 8.25. The Morgan fingerprint density at radius 2 is 2.35 bits per heavy atom. The van der Waals surface area contributed by atoms with Gasteiger partial charge in [-0.15, -0.1) is 0 Å². The molecule has 0 atom stereocenters. The summed E-state index contributed by atoms with van der Waals surface area (Å²) in [4.78, 5) is 7.98. The van der Waals surface area contributed by atoms with Gasteiger partial charge in [0.15, 0.2) is 0 Å². The molecule has 0 amide bonds. The molecule has 0 radical (unpaired) electrons. The van der Waals surface area contributed by atoms with Crippen LogP contribution in [0.3, 0.4) is 0 Å². The molecule has 0 bridgehead atoms. The van der Waals surface area contributed by atoms with Crippen LogP contribution in [0, 0.1) is 5.92 Å². The number of rotatable bonds is 7. The Kier molecular flexibility index (Phi) is 4.56. The van der Waals surface area contributed by atoms with Crippen LogP contribution in [-0.4, -0.2) is 29.7 Å². The number of anilines is 2. The van der Waals surface area contributed by atoms with Crippen molar-refractivity contribution in [3.63, 3.8) is 0 Å². The largest absolute Gasteiger partial charge is 0.381 e. The summed E-state index contributed by atoms with van der Waals surface area (Å²) in [6.07, 6.45) is 5.29. The van der Waals surface area contributed by atoms with Crippen molar-refractivity contribution in [1.82, 2.24) is 9.97 Å². The highest BCUT2D eigenvalue weighted by Crippen LogP contribution is 2.28. The summed E-state index contributed by atoms with van der Waals surface area (Å²) in [6, 6.07) is 0. The van der Waals surface area contributed by atoms with Gasteiger partial charge >= 0.3 is 0 Å². The van der Waals surface area contributed by atoms with Gasteiger partial charge in [0.1, 0.15) is 5.82 Å². The van der Waals surface area contributed by atoms with Crippen molar-refractivity contribution in [2.45, 2.75) is 19.3 Å². The number of nitrogens with one attached hydrogen (secondary N) is 1. The Morgan fingerprint density at radius 1 is 1.53 bits per heavy atom. The lowest BCUT2D eigenvalue weighted by molar-refractivity contribution is 0.124. The topological polar surface area (TPSA) is 73.1 Å². The Morgan fingerprint density at radius 3 is 3.12 bits per heavy atom. The lowest BCUT2D eigenvalue weighted by Gasteiger charge is -2.08. The van der Waals surface area contributed by atoms with Gasteiger partial charge in [-0.2, -0.15) is 4.98 Å². The van der Waals surface area contributed by atoms with Crippen LogP contribution in [-0.2, 0) is 4.74 Å². The number of halogens is 1. The highest BCUT2D eigenvalue weighted by atomic mass is 79.9. The molecular weight excluding hydrogens is 284 g/mol. The number of nitrogens with two attached hydrogens (primary N) is 1. The van der Waals surface area contributed by atoms with Gasteiger partial charge in [-0.3, -0.25) is 0 Å². The fraction of sp³-hybridized carbons (Fsp3) is 0.636. The summed E-state index contributed by atoms with van der Waals surface area (Å²) >= 11 is 3.37. The van der Waals surface area contributed by atoms with Crippen LogP contribution in [0.25, 0.3) is 0 Å². The Hall–Kier alpha value is -0.880. The monoisotopic (exact) mass is 300 g/mol. The maximum Gasteiger partial charge on any atom is 0.221 e. The van der Waals surface area contributed by atoms with E-state index >= 15 is 0 Å². The Bertz CT molecular complexity index is 370. The van der Waals surface area contributed by atoms with Crippen LogP contribution in [0.1, 0.15) is 19.3 Å². The van der Waals surface area contributed by atoms with Crippen molar-refractivity contribution in [3.8, 4) is 0 Å². The van der Waals surface area contributed by atoms with E-state index in [0.717, 1.165) is 42.4 Å². The van der Waals surface area contributed by atoms with E-state index in [0.29, 0.717) is 0 Å². The molecule has 94 valence electrons. The molecule has 0 spiro atoms. The van der Waals surface area contributed by atoms with Crippen molar-refractivity contribution in [2.75, 3.05) is 30.8 Å². The average molecular weight is 301 g/mol. The molecule has 1 saturated carbocycles. The maximum absolute atomic E-state index is 5.54. The highest BCUT2D eigenvalue weighted by molar-refractivity contribution is 9.10. The summed E-state index contributed by atoms with van der Waals surface area (Å²) < 4.78 is 6.36. The van der Waals surface area contributed by atoms with Gasteiger partial charge in [0.05, 0.1) is 4.47 Å². The predicted octanol–water partition coefficient (Wildman–Crippen LogP) is 2.05. The van der Waals surface area contributed by atoms with Crippen molar-refractivity contribution >= 4 is 27.7 Å². The van der Waals surface area contributed by atoms with E-state index in [-0.39, 0.29) is 5.95 Å². The molecular formula is C11H17BrN4O. The Labute approximate surface area is 109 Å². The summed E-state index contributed by atoms with van der Waals surface area (Å²) in [7, 11) is 0. The summed E-state index contributed by atoms with van der Waals surface area (Å²) in [6.45, 7) is 2.53. The minimum atomic E-state index is 0.278. The molecule has 0 unspecified atom stereocenters. The molecule has 0 aromatic carbocycles. The molecule has 1 aliphatic rings. The number of nitrogens with zero attached hydrogens (tertiary/aromatic N) is 2. The first-order valence-corrected chi connectivity index (χ1v) is 6.64. The molecule has 0 saturated heterocycles. The second-order valence-corrected chi connectivity index (χ2v) is 5.08. The number of nitrogen functional groups attached to an aromatic ring is 1. The third kappa shape index (κ3) is 4.47. The van der Waals surface area contributed by atoms with E-state index in [1.54, 1.807) is 6.20 Å². The van der Waals surface area contributed by atoms with Gasteiger partial charge in [0.2, 0.25) is 5.95 Å². The van der Waals surface area contributed by atoms with Crippen LogP contribution in [0.2, 0.25) is 0 Å². The number of hydrogen-bond donors (Lipinski definition) is 2. The van der Waals surface area contributed by atoms with Crippen LogP contribution >= 0.6 is 15.9 Å². The maximum atomic E-state index is 5.54. The number of ether oxygens (including phenoxy) is 1. The fourth-order valence-electron chi connectivity index (χ4n) is 1.42. The van der Waals surface area contributed by atoms with E-state index in [2.05, 4.69) is 31.2 Å². The van der Waals surface area contributed by atoms with Crippen LogP contribution in [0.15, 0.2) is 10.7 Å². The summed E-state index contributed by atoms with van der Waals surface area (Å²) in [5, 5.41) is 3.20. The van der Waals surface area contributed by atoms with E-state index in [1.165, 1.54) is 12.8 Å². The van der Waals surface area contributed by atoms with Gasteiger partial charge in [-0.05, 0) is 41.1 Å². The minimum absolute atomic E-state index is 0.278. The third-order valence-electron chi connectivity index (χ3n) is 2.57. The second-order valence-electron chi connectivity index (χ2n) is 4.22. The second kappa shape index (κ2) is 6.16. The first-order valence-electron chi connectivity index (χ1n) is 5.85. The lowest BCUT2D eigenvalue weighted by atomic mass is 10.4. The quantitative estimate of drug-likeness (QED) is 0.754. The molecule has 6 heteroatoms. The van der Waals surface area contributed by atoms with Gasteiger partial charge < -0.3 is 15.8 Å². The molecule has 3 N–H and O–H groups in total. The first kappa shape index (κ1) is 12.6.